The number of rotatable bonds is 7. The zero-order valence-electron chi connectivity index (χ0n) is 7.60. The summed E-state index contributed by atoms with van der Waals surface area (Å²) in [4.78, 5) is 0. The highest BCUT2D eigenvalue weighted by Crippen LogP contribution is 2.03. The molecule has 1 atom stereocenters. The molecule has 0 saturated carbocycles. The minimum atomic E-state index is 0.643. The summed E-state index contributed by atoms with van der Waals surface area (Å²) in [5, 5.41) is 3.43. The fraction of sp³-hybridized carbons (Fsp3) is 0.778. The molecule has 0 radical (unpaired) electrons. The maximum absolute atomic E-state index is 3.74. The predicted molar refractivity (Wildman–Crippen MR) is 55.3 cm³/mol. The molecule has 66 valence electrons. The van der Waals surface area contributed by atoms with E-state index in [1.54, 1.807) is 0 Å². The largest absolute Gasteiger partial charge is 0.314 e. The van der Waals surface area contributed by atoms with Crippen molar-refractivity contribution in [1.82, 2.24) is 5.32 Å². The third kappa shape index (κ3) is 6.45. The molecule has 0 saturated heterocycles. The Balaban J connectivity index is 3.41. The van der Waals surface area contributed by atoms with Crippen LogP contribution in [0.3, 0.4) is 0 Å². The Labute approximate surface area is 74.6 Å². The quantitative estimate of drug-likeness (QED) is 0.593. The van der Waals surface area contributed by atoms with E-state index >= 15 is 0 Å². The van der Waals surface area contributed by atoms with Gasteiger partial charge < -0.3 is 5.32 Å². The molecule has 0 spiro atoms. The van der Waals surface area contributed by atoms with E-state index in [1.165, 1.54) is 12.2 Å². The summed E-state index contributed by atoms with van der Waals surface area (Å²) in [6, 6.07) is 0.643. The van der Waals surface area contributed by atoms with Crippen LogP contribution in [-0.4, -0.2) is 24.6 Å². The minimum Gasteiger partial charge on any atom is -0.314 e. The molecule has 1 nitrogen and oxygen atoms in total. The second kappa shape index (κ2) is 8.15. The Bertz CT molecular complexity index is 93.6. The molecule has 0 aromatic rings. The molecule has 0 aliphatic carbocycles. The maximum atomic E-state index is 3.74. The second-order valence-electron chi connectivity index (χ2n) is 2.56. The van der Waals surface area contributed by atoms with Crippen molar-refractivity contribution in [2.75, 3.05) is 18.6 Å². The van der Waals surface area contributed by atoms with Crippen LogP contribution < -0.4 is 5.32 Å². The first-order chi connectivity index (χ1) is 5.35. The zero-order chi connectivity index (χ0) is 8.53. The SMILES string of the molecule is C=CCC(CCSC)NCC. The molecule has 0 aromatic heterocycles. The van der Waals surface area contributed by atoms with Crippen LogP contribution in [0.25, 0.3) is 0 Å². The van der Waals surface area contributed by atoms with Crippen LogP contribution in [0, 0.1) is 0 Å². The lowest BCUT2D eigenvalue weighted by atomic mass is 10.1. The van der Waals surface area contributed by atoms with Gasteiger partial charge in [0.2, 0.25) is 0 Å². The highest BCUT2D eigenvalue weighted by Gasteiger charge is 2.02. The molecule has 0 aromatic carbocycles. The van der Waals surface area contributed by atoms with Crippen LogP contribution in [0.4, 0.5) is 0 Å². The molecular formula is C9H19NS. The van der Waals surface area contributed by atoms with Gasteiger partial charge in [-0.05, 0) is 31.4 Å². The normalized spacial score (nSPS) is 12.9. The summed E-state index contributed by atoms with van der Waals surface area (Å²) >= 11 is 1.91. The average Bonchev–Trinajstić information content (AvgIpc) is 2.01. The Morgan fingerprint density at radius 1 is 1.64 bits per heavy atom. The van der Waals surface area contributed by atoms with Crippen LogP contribution in [-0.2, 0) is 0 Å². The Morgan fingerprint density at radius 2 is 2.36 bits per heavy atom. The van der Waals surface area contributed by atoms with Gasteiger partial charge in [0, 0.05) is 6.04 Å². The Hall–Kier alpha value is 0.0500. The zero-order valence-corrected chi connectivity index (χ0v) is 8.41. The van der Waals surface area contributed by atoms with Crippen LogP contribution in [0.2, 0.25) is 0 Å². The lowest BCUT2D eigenvalue weighted by Crippen LogP contribution is -2.28. The monoisotopic (exact) mass is 173 g/mol. The molecule has 11 heavy (non-hydrogen) atoms. The fourth-order valence-corrected chi connectivity index (χ4v) is 1.57. The van der Waals surface area contributed by atoms with Crippen molar-refractivity contribution >= 4 is 11.8 Å². The average molecular weight is 173 g/mol. The maximum Gasteiger partial charge on any atom is 0.0109 e. The topological polar surface area (TPSA) is 12.0 Å². The fourth-order valence-electron chi connectivity index (χ4n) is 1.05. The lowest BCUT2D eigenvalue weighted by molar-refractivity contribution is 0.521. The second-order valence-corrected chi connectivity index (χ2v) is 3.55. The van der Waals surface area contributed by atoms with E-state index in [0.29, 0.717) is 6.04 Å². The third-order valence-electron chi connectivity index (χ3n) is 1.61. The summed E-state index contributed by atoms with van der Waals surface area (Å²) in [6.45, 7) is 6.95. The van der Waals surface area contributed by atoms with Gasteiger partial charge in [0.05, 0.1) is 0 Å². The molecule has 1 unspecified atom stereocenters. The standard InChI is InChI=1S/C9H19NS/c1-4-6-9(10-5-2)7-8-11-3/h4,9-10H,1,5-8H2,2-3H3. The smallest absolute Gasteiger partial charge is 0.0109 e. The first-order valence-corrected chi connectivity index (χ1v) is 5.57. The first kappa shape index (κ1) is 11.1. The number of hydrogen-bond donors (Lipinski definition) is 1. The van der Waals surface area contributed by atoms with Crippen LogP contribution in [0.1, 0.15) is 19.8 Å². The van der Waals surface area contributed by atoms with E-state index in [-0.39, 0.29) is 0 Å². The van der Waals surface area contributed by atoms with E-state index in [4.69, 9.17) is 0 Å². The molecule has 0 aliphatic heterocycles. The summed E-state index contributed by atoms with van der Waals surface area (Å²) in [5.41, 5.74) is 0. The summed E-state index contributed by atoms with van der Waals surface area (Å²) < 4.78 is 0. The predicted octanol–water partition coefficient (Wildman–Crippen LogP) is 2.29. The third-order valence-corrected chi connectivity index (χ3v) is 2.26. The summed E-state index contributed by atoms with van der Waals surface area (Å²) in [6.07, 6.45) is 6.49. The van der Waals surface area contributed by atoms with Crippen molar-refractivity contribution in [3.63, 3.8) is 0 Å². The van der Waals surface area contributed by atoms with Crippen molar-refractivity contribution in [1.29, 1.82) is 0 Å². The van der Waals surface area contributed by atoms with E-state index < -0.39 is 0 Å². The Morgan fingerprint density at radius 3 is 2.82 bits per heavy atom. The van der Waals surface area contributed by atoms with Gasteiger partial charge >= 0.3 is 0 Å². The highest BCUT2D eigenvalue weighted by atomic mass is 32.2. The first-order valence-electron chi connectivity index (χ1n) is 4.18. The molecule has 0 amide bonds. The summed E-state index contributed by atoms with van der Waals surface area (Å²) in [5.74, 6) is 1.24. The molecule has 0 rings (SSSR count). The minimum absolute atomic E-state index is 0.643. The van der Waals surface area contributed by atoms with Crippen molar-refractivity contribution in [3.8, 4) is 0 Å². The van der Waals surface area contributed by atoms with Crippen LogP contribution in [0.15, 0.2) is 12.7 Å². The molecule has 0 bridgehead atoms. The summed E-state index contributed by atoms with van der Waals surface area (Å²) in [7, 11) is 0. The van der Waals surface area contributed by atoms with Crippen molar-refractivity contribution in [3.05, 3.63) is 12.7 Å². The molecule has 0 fully saturated rings. The van der Waals surface area contributed by atoms with Crippen LogP contribution in [0.5, 0.6) is 0 Å². The van der Waals surface area contributed by atoms with Gasteiger partial charge in [-0.1, -0.05) is 13.0 Å². The highest BCUT2D eigenvalue weighted by molar-refractivity contribution is 7.98. The van der Waals surface area contributed by atoms with Gasteiger partial charge in [-0.25, -0.2) is 0 Å². The van der Waals surface area contributed by atoms with Gasteiger partial charge in [-0.2, -0.15) is 11.8 Å². The van der Waals surface area contributed by atoms with E-state index in [0.717, 1.165) is 13.0 Å². The van der Waals surface area contributed by atoms with Crippen LogP contribution >= 0.6 is 11.8 Å². The van der Waals surface area contributed by atoms with Gasteiger partial charge in [0.15, 0.2) is 0 Å². The van der Waals surface area contributed by atoms with Crippen molar-refractivity contribution in [2.45, 2.75) is 25.8 Å². The number of thioether (sulfide) groups is 1. The lowest BCUT2D eigenvalue weighted by Gasteiger charge is -2.14. The number of hydrogen-bond acceptors (Lipinski definition) is 2. The number of nitrogens with one attached hydrogen (secondary N) is 1. The van der Waals surface area contributed by atoms with E-state index in [2.05, 4.69) is 25.1 Å². The molecule has 1 N–H and O–H groups in total. The van der Waals surface area contributed by atoms with Crippen molar-refractivity contribution in [2.24, 2.45) is 0 Å². The van der Waals surface area contributed by atoms with Gasteiger partial charge in [0.25, 0.3) is 0 Å². The van der Waals surface area contributed by atoms with Gasteiger partial charge in [-0.3, -0.25) is 0 Å². The van der Waals surface area contributed by atoms with Gasteiger partial charge in [-0.15, -0.1) is 6.58 Å². The molecule has 0 heterocycles. The Kier molecular flexibility index (Phi) is 8.19. The molecule has 2 heteroatoms. The van der Waals surface area contributed by atoms with E-state index in [1.807, 2.05) is 17.8 Å². The molecular weight excluding hydrogens is 154 g/mol. The molecule has 0 aliphatic rings. The van der Waals surface area contributed by atoms with Crippen molar-refractivity contribution < 1.29 is 0 Å². The van der Waals surface area contributed by atoms with E-state index in [9.17, 15) is 0 Å². The van der Waals surface area contributed by atoms with Gasteiger partial charge in [0.1, 0.15) is 0 Å².